The van der Waals surface area contributed by atoms with Crippen LogP contribution in [0.15, 0.2) is 30.3 Å². The highest BCUT2D eigenvalue weighted by Gasteiger charge is 2.37. The number of piperidine rings is 1. The Morgan fingerprint density at radius 1 is 1.19 bits per heavy atom. The molecule has 2 rings (SSSR count). The van der Waals surface area contributed by atoms with Crippen LogP contribution in [0.5, 0.6) is 0 Å². The molecule has 1 aliphatic heterocycles. The number of likely N-dealkylation sites (tertiary alicyclic amines) is 1. The van der Waals surface area contributed by atoms with E-state index in [9.17, 15) is 9.59 Å². The van der Waals surface area contributed by atoms with Crippen molar-refractivity contribution in [2.24, 2.45) is 5.92 Å². The van der Waals surface area contributed by atoms with Gasteiger partial charge in [0.1, 0.15) is 6.61 Å². The first-order valence-corrected chi connectivity index (χ1v) is 7.21. The summed E-state index contributed by atoms with van der Waals surface area (Å²) in [5, 5.41) is 9.12. The summed E-state index contributed by atoms with van der Waals surface area (Å²) in [4.78, 5) is 25.0. The number of carboxylic acids is 1. The van der Waals surface area contributed by atoms with Crippen LogP contribution < -0.4 is 0 Å². The monoisotopic (exact) mass is 291 g/mol. The Morgan fingerprint density at radius 3 is 2.29 bits per heavy atom. The molecular weight excluding hydrogens is 270 g/mol. The first-order valence-electron chi connectivity index (χ1n) is 7.21. The molecule has 1 saturated heterocycles. The highest BCUT2D eigenvalue weighted by Crippen LogP contribution is 2.28. The Balaban J connectivity index is 1.94. The van der Waals surface area contributed by atoms with Crippen molar-refractivity contribution in [2.75, 3.05) is 0 Å². The van der Waals surface area contributed by atoms with E-state index in [2.05, 4.69) is 0 Å². The summed E-state index contributed by atoms with van der Waals surface area (Å²) in [7, 11) is 0. The van der Waals surface area contributed by atoms with Crippen LogP contribution in [0.1, 0.15) is 32.3 Å². The summed E-state index contributed by atoms with van der Waals surface area (Å²) in [6, 6.07) is 9.25. The number of amides is 1. The molecule has 1 N–H and O–H groups in total. The summed E-state index contributed by atoms with van der Waals surface area (Å²) in [6.07, 6.45) is 0.572. The number of carbonyl (C=O) groups excluding carboxylic acids is 1. The van der Waals surface area contributed by atoms with Gasteiger partial charge in [0.05, 0.1) is 5.92 Å². The van der Waals surface area contributed by atoms with Crippen molar-refractivity contribution in [2.45, 2.75) is 45.4 Å². The van der Waals surface area contributed by atoms with Crippen molar-refractivity contribution in [3.8, 4) is 0 Å². The Hall–Kier alpha value is -2.04. The molecule has 2 atom stereocenters. The molecule has 0 radical (unpaired) electrons. The second-order valence-electron chi connectivity index (χ2n) is 5.65. The fourth-order valence-electron chi connectivity index (χ4n) is 2.94. The fourth-order valence-corrected chi connectivity index (χ4v) is 2.94. The first kappa shape index (κ1) is 15.4. The Kier molecular flexibility index (Phi) is 4.83. The van der Waals surface area contributed by atoms with Gasteiger partial charge in [0.25, 0.3) is 0 Å². The molecule has 0 saturated carbocycles. The van der Waals surface area contributed by atoms with E-state index in [1.54, 1.807) is 4.90 Å². The van der Waals surface area contributed by atoms with E-state index in [-0.39, 0.29) is 30.7 Å². The van der Waals surface area contributed by atoms with Crippen molar-refractivity contribution in [3.05, 3.63) is 35.9 Å². The number of aliphatic carboxylic acids is 1. The van der Waals surface area contributed by atoms with Crippen LogP contribution in [0.2, 0.25) is 0 Å². The van der Waals surface area contributed by atoms with E-state index in [1.165, 1.54) is 0 Å². The van der Waals surface area contributed by atoms with E-state index in [4.69, 9.17) is 9.84 Å². The second-order valence-corrected chi connectivity index (χ2v) is 5.65. The zero-order chi connectivity index (χ0) is 15.4. The van der Waals surface area contributed by atoms with Crippen LogP contribution in [0, 0.1) is 5.92 Å². The van der Waals surface area contributed by atoms with Crippen LogP contribution in [0.4, 0.5) is 4.79 Å². The quantitative estimate of drug-likeness (QED) is 0.930. The maximum absolute atomic E-state index is 12.2. The highest BCUT2D eigenvalue weighted by molar-refractivity contribution is 5.72. The van der Waals surface area contributed by atoms with Gasteiger partial charge in [-0.2, -0.15) is 0 Å². The molecule has 1 aliphatic rings. The number of hydrogen-bond donors (Lipinski definition) is 1. The molecule has 0 spiro atoms. The maximum Gasteiger partial charge on any atom is 0.410 e. The number of ether oxygens (including phenoxy) is 1. The molecule has 0 unspecified atom stereocenters. The SMILES string of the molecule is C[C@@H]1CC(C(=O)O)C[C@@H](C)N1C(=O)OCc1ccccc1. The van der Waals surface area contributed by atoms with Crippen molar-refractivity contribution in [1.82, 2.24) is 4.90 Å². The van der Waals surface area contributed by atoms with Crippen LogP contribution in [-0.4, -0.2) is 34.2 Å². The van der Waals surface area contributed by atoms with Gasteiger partial charge in [0.15, 0.2) is 0 Å². The van der Waals surface area contributed by atoms with E-state index in [1.807, 2.05) is 44.2 Å². The first-order chi connectivity index (χ1) is 9.99. The lowest BCUT2D eigenvalue weighted by Crippen LogP contribution is -2.51. The topological polar surface area (TPSA) is 66.8 Å². The Bertz CT molecular complexity index is 490. The molecule has 5 heteroatoms. The van der Waals surface area contributed by atoms with Crippen molar-refractivity contribution in [1.29, 1.82) is 0 Å². The summed E-state index contributed by atoms with van der Waals surface area (Å²) >= 11 is 0. The minimum atomic E-state index is -0.786. The van der Waals surface area contributed by atoms with Gasteiger partial charge in [-0.25, -0.2) is 4.79 Å². The minimum absolute atomic E-state index is 0.127. The zero-order valence-electron chi connectivity index (χ0n) is 12.4. The normalized spacial score (nSPS) is 25.4. The molecule has 5 nitrogen and oxygen atoms in total. The molecule has 1 fully saturated rings. The van der Waals surface area contributed by atoms with Crippen LogP contribution in [0.25, 0.3) is 0 Å². The molecule has 1 heterocycles. The van der Waals surface area contributed by atoms with Crippen LogP contribution >= 0.6 is 0 Å². The lowest BCUT2D eigenvalue weighted by molar-refractivity contribution is -0.144. The van der Waals surface area contributed by atoms with Crippen molar-refractivity contribution in [3.63, 3.8) is 0 Å². The summed E-state index contributed by atoms with van der Waals surface area (Å²) < 4.78 is 5.34. The number of carboxylic acid groups (broad SMARTS) is 1. The van der Waals surface area contributed by atoms with Gasteiger partial charge in [-0.05, 0) is 32.3 Å². The van der Waals surface area contributed by atoms with E-state index < -0.39 is 5.97 Å². The smallest absolute Gasteiger partial charge is 0.410 e. The van der Waals surface area contributed by atoms with Gasteiger partial charge in [0, 0.05) is 12.1 Å². The standard InChI is InChI=1S/C16H21NO4/c1-11-8-14(15(18)19)9-12(2)17(11)16(20)21-10-13-6-4-3-5-7-13/h3-7,11-12,14H,8-10H2,1-2H3,(H,18,19)/t11-,12-/m1/s1. The van der Waals surface area contributed by atoms with E-state index >= 15 is 0 Å². The molecule has 1 aromatic carbocycles. The average Bonchev–Trinajstić information content (AvgIpc) is 2.45. The lowest BCUT2D eigenvalue weighted by atomic mass is 9.87. The number of benzene rings is 1. The minimum Gasteiger partial charge on any atom is -0.481 e. The predicted octanol–water partition coefficient (Wildman–Crippen LogP) is 2.90. The van der Waals surface area contributed by atoms with Gasteiger partial charge in [-0.15, -0.1) is 0 Å². The van der Waals surface area contributed by atoms with Gasteiger partial charge in [-0.1, -0.05) is 30.3 Å². The molecule has 0 aliphatic carbocycles. The van der Waals surface area contributed by atoms with Gasteiger partial charge >= 0.3 is 12.1 Å². The second kappa shape index (κ2) is 6.61. The third kappa shape index (κ3) is 3.74. The molecule has 21 heavy (non-hydrogen) atoms. The Labute approximate surface area is 124 Å². The molecule has 1 aromatic rings. The van der Waals surface area contributed by atoms with Crippen molar-refractivity contribution >= 4 is 12.1 Å². The molecule has 1 amide bonds. The molecule has 0 aromatic heterocycles. The predicted molar refractivity (Wildman–Crippen MR) is 77.7 cm³/mol. The van der Waals surface area contributed by atoms with Gasteiger partial charge in [-0.3, -0.25) is 4.79 Å². The summed E-state index contributed by atoms with van der Waals surface area (Å²) in [5.74, 6) is -1.17. The van der Waals surface area contributed by atoms with Crippen LogP contribution in [0.3, 0.4) is 0 Å². The number of carbonyl (C=O) groups is 2. The number of nitrogens with zero attached hydrogens (tertiary/aromatic N) is 1. The van der Waals surface area contributed by atoms with Gasteiger partial charge in [0.2, 0.25) is 0 Å². The lowest BCUT2D eigenvalue weighted by Gasteiger charge is -2.40. The number of rotatable bonds is 3. The van der Waals surface area contributed by atoms with Crippen LogP contribution in [-0.2, 0) is 16.1 Å². The molecule has 114 valence electrons. The average molecular weight is 291 g/mol. The maximum atomic E-state index is 12.2. The molecular formula is C16H21NO4. The van der Waals surface area contributed by atoms with Crippen molar-refractivity contribution < 1.29 is 19.4 Å². The third-order valence-corrected chi connectivity index (χ3v) is 3.97. The zero-order valence-corrected chi connectivity index (χ0v) is 12.4. The largest absolute Gasteiger partial charge is 0.481 e. The number of hydrogen-bond acceptors (Lipinski definition) is 3. The Morgan fingerprint density at radius 2 is 1.76 bits per heavy atom. The van der Waals surface area contributed by atoms with E-state index in [0.29, 0.717) is 12.8 Å². The van der Waals surface area contributed by atoms with E-state index in [0.717, 1.165) is 5.56 Å². The summed E-state index contributed by atoms with van der Waals surface area (Å²) in [6.45, 7) is 3.97. The van der Waals surface area contributed by atoms with Gasteiger partial charge < -0.3 is 14.7 Å². The summed E-state index contributed by atoms with van der Waals surface area (Å²) in [5.41, 5.74) is 0.937. The highest BCUT2D eigenvalue weighted by atomic mass is 16.6. The molecule has 0 bridgehead atoms. The third-order valence-electron chi connectivity index (χ3n) is 3.97. The fraction of sp³-hybridized carbons (Fsp3) is 0.500.